The lowest BCUT2D eigenvalue weighted by molar-refractivity contribution is 0.669. The van der Waals surface area contributed by atoms with Gasteiger partial charge in [-0.1, -0.05) is 127 Å². The van der Waals surface area contributed by atoms with Crippen LogP contribution in [-0.2, 0) is 0 Å². The van der Waals surface area contributed by atoms with Crippen molar-refractivity contribution in [1.29, 1.82) is 5.26 Å². The number of fused-ring (bicyclic) bond motifs is 6. The van der Waals surface area contributed by atoms with Crippen LogP contribution in [0.2, 0.25) is 0 Å². The van der Waals surface area contributed by atoms with Crippen molar-refractivity contribution in [1.82, 2.24) is 9.97 Å². The van der Waals surface area contributed by atoms with Crippen molar-refractivity contribution in [2.75, 3.05) is 0 Å². The molecule has 0 bridgehead atoms. The Labute approximate surface area is 298 Å². The van der Waals surface area contributed by atoms with Gasteiger partial charge in [0.25, 0.3) is 0 Å². The van der Waals surface area contributed by atoms with E-state index in [-0.39, 0.29) is 0 Å². The first kappa shape index (κ1) is 29.6. The number of benzene rings is 7. The molecule has 5 heteroatoms. The van der Waals surface area contributed by atoms with Crippen LogP contribution in [0, 0.1) is 11.3 Å². The molecule has 0 saturated carbocycles. The topological polar surface area (TPSA) is 75.8 Å². The molecule has 0 aliphatic carbocycles. The molecule has 0 aliphatic heterocycles. The maximum absolute atomic E-state index is 9.74. The third-order valence-electron chi connectivity index (χ3n) is 9.75. The normalized spacial score (nSPS) is 11.4. The predicted octanol–water partition coefficient (Wildman–Crippen LogP) is 12.5. The Kier molecular flexibility index (Phi) is 6.80. The van der Waals surface area contributed by atoms with Crippen LogP contribution >= 0.6 is 0 Å². The second-order valence-corrected chi connectivity index (χ2v) is 12.8. The molecule has 10 rings (SSSR count). The minimum absolute atomic E-state index is 0.567. The lowest BCUT2D eigenvalue weighted by Gasteiger charge is -2.15. The molecular weight excluding hydrogens is 639 g/mol. The fourth-order valence-electron chi connectivity index (χ4n) is 7.29. The van der Waals surface area contributed by atoms with Gasteiger partial charge in [0, 0.05) is 49.4 Å². The highest BCUT2D eigenvalue weighted by Crippen LogP contribution is 2.43. The van der Waals surface area contributed by atoms with Crippen molar-refractivity contribution in [3.63, 3.8) is 0 Å². The average Bonchev–Trinajstić information content (AvgIpc) is 3.80. The monoisotopic (exact) mass is 665 g/mol. The van der Waals surface area contributed by atoms with Crippen LogP contribution in [0.15, 0.2) is 173 Å². The SMILES string of the molecule is N#Cc1cccc(-c2cc(-c3cc(-c4cccc5c4oc4ccccc45)ccc3-c3cccc4c3oc3ccccc34)nc(-c3ccccc3)n2)c1. The van der Waals surface area contributed by atoms with E-state index in [1.54, 1.807) is 6.07 Å². The Bertz CT molecular complexity index is 3040. The lowest BCUT2D eigenvalue weighted by atomic mass is 9.91. The standard InChI is InChI=1S/C47H27N3O2/c48-28-29-11-8-14-32(25-29)41-27-42(50-47(49-41)30-12-2-1-3-13-30)40-26-31(33-17-9-19-38-35-15-4-6-21-43(35)51-45(33)38)23-24-34(40)37-18-10-20-39-36-16-5-7-22-44(36)52-46(37)39/h1-27H. The third-order valence-corrected chi connectivity index (χ3v) is 9.75. The van der Waals surface area contributed by atoms with Gasteiger partial charge in [-0.2, -0.15) is 5.26 Å². The molecule has 0 amide bonds. The van der Waals surface area contributed by atoms with Crippen LogP contribution in [0.5, 0.6) is 0 Å². The van der Waals surface area contributed by atoms with E-state index in [1.807, 2.05) is 91.0 Å². The summed E-state index contributed by atoms with van der Waals surface area (Å²) in [5.41, 5.74) is 11.9. The zero-order valence-corrected chi connectivity index (χ0v) is 27.7. The van der Waals surface area contributed by atoms with E-state index >= 15 is 0 Å². The Morgan fingerprint density at radius 2 is 1.00 bits per heavy atom. The molecule has 0 radical (unpaired) electrons. The molecule has 0 aliphatic rings. The molecule has 242 valence electrons. The first-order valence-corrected chi connectivity index (χ1v) is 17.1. The van der Waals surface area contributed by atoms with Gasteiger partial charge >= 0.3 is 0 Å². The van der Waals surface area contributed by atoms with Crippen molar-refractivity contribution in [2.45, 2.75) is 0 Å². The summed E-state index contributed by atoms with van der Waals surface area (Å²) in [6.45, 7) is 0. The highest BCUT2D eigenvalue weighted by molar-refractivity contribution is 6.12. The van der Waals surface area contributed by atoms with Gasteiger partial charge < -0.3 is 8.83 Å². The average molecular weight is 666 g/mol. The molecule has 52 heavy (non-hydrogen) atoms. The number of nitriles is 1. The number of hydrogen-bond acceptors (Lipinski definition) is 5. The largest absolute Gasteiger partial charge is 0.455 e. The summed E-state index contributed by atoms with van der Waals surface area (Å²) in [6.07, 6.45) is 0. The predicted molar refractivity (Wildman–Crippen MR) is 208 cm³/mol. The summed E-state index contributed by atoms with van der Waals surface area (Å²) in [6, 6.07) is 57.3. The third kappa shape index (κ3) is 4.86. The fraction of sp³-hybridized carbons (Fsp3) is 0. The van der Waals surface area contributed by atoms with Crippen molar-refractivity contribution in [3.8, 4) is 62.2 Å². The second-order valence-electron chi connectivity index (χ2n) is 12.8. The van der Waals surface area contributed by atoms with Gasteiger partial charge in [0.05, 0.1) is 23.0 Å². The van der Waals surface area contributed by atoms with Crippen LogP contribution in [0.4, 0.5) is 0 Å². The van der Waals surface area contributed by atoms with E-state index in [4.69, 9.17) is 18.8 Å². The molecule has 3 heterocycles. The Balaban J connectivity index is 1.27. The van der Waals surface area contributed by atoms with Crippen LogP contribution in [-0.4, -0.2) is 9.97 Å². The molecule has 0 atom stereocenters. The summed E-state index contributed by atoms with van der Waals surface area (Å²) < 4.78 is 13.1. The second kappa shape index (κ2) is 11.9. The van der Waals surface area contributed by atoms with Gasteiger partial charge in [0.15, 0.2) is 5.82 Å². The van der Waals surface area contributed by atoms with E-state index in [1.165, 1.54) is 0 Å². The van der Waals surface area contributed by atoms with Crippen molar-refractivity contribution in [3.05, 3.63) is 169 Å². The summed E-state index contributed by atoms with van der Waals surface area (Å²) in [5, 5.41) is 14.0. The number of nitrogens with zero attached hydrogens (tertiary/aromatic N) is 3. The van der Waals surface area contributed by atoms with Crippen LogP contribution < -0.4 is 0 Å². The molecule has 0 fully saturated rings. The van der Waals surface area contributed by atoms with E-state index in [0.29, 0.717) is 11.4 Å². The number of hydrogen-bond donors (Lipinski definition) is 0. The van der Waals surface area contributed by atoms with Crippen molar-refractivity contribution < 1.29 is 8.83 Å². The van der Waals surface area contributed by atoms with Gasteiger partial charge in [0.2, 0.25) is 0 Å². The van der Waals surface area contributed by atoms with Crippen LogP contribution in [0.1, 0.15) is 5.56 Å². The molecule has 7 aromatic carbocycles. The van der Waals surface area contributed by atoms with Gasteiger partial charge in [-0.3, -0.25) is 0 Å². The maximum Gasteiger partial charge on any atom is 0.160 e. The number of rotatable bonds is 5. The first-order chi connectivity index (χ1) is 25.7. The smallest absolute Gasteiger partial charge is 0.160 e. The van der Waals surface area contributed by atoms with Gasteiger partial charge in [0.1, 0.15) is 22.3 Å². The van der Waals surface area contributed by atoms with Gasteiger partial charge in [-0.15, -0.1) is 0 Å². The molecule has 5 nitrogen and oxygen atoms in total. The Morgan fingerprint density at radius 1 is 0.404 bits per heavy atom. The molecule has 0 N–H and O–H groups in total. The highest BCUT2D eigenvalue weighted by Gasteiger charge is 2.20. The van der Waals surface area contributed by atoms with Crippen molar-refractivity contribution in [2.24, 2.45) is 0 Å². The summed E-state index contributed by atoms with van der Waals surface area (Å²) in [5.74, 6) is 0.591. The molecular formula is C47H27N3O2. The Morgan fingerprint density at radius 3 is 1.73 bits per heavy atom. The van der Waals surface area contributed by atoms with E-state index < -0.39 is 0 Å². The molecule has 0 spiro atoms. The number of furan rings is 2. The van der Waals surface area contributed by atoms with E-state index in [0.717, 1.165) is 94.2 Å². The first-order valence-electron chi connectivity index (χ1n) is 17.1. The van der Waals surface area contributed by atoms with E-state index in [2.05, 4.69) is 72.8 Å². The minimum atomic E-state index is 0.567. The van der Waals surface area contributed by atoms with Crippen LogP contribution in [0.25, 0.3) is 100 Å². The Hall–Kier alpha value is -7.29. The fourth-order valence-corrected chi connectivity index (χ4v) is 7.29. The number of para-hydroxylation sites is 4. The maximum atomic E-state index is 9.74. The molecule has 3 aromatic heterocycles. The summed E-state index contributed by atoms with van der Waals surface area (Å²) in [7, 11) is 0. The van der Waals surface area contributed by atoms with Gasteiger partial charge in [-0.05, 0) is 47.5 Å². The highest BCUT2D eigenvalue weighted by atomic mass is 16.3. The zero-order chi connectivity index (χ0) is 34.6. The van der Waals surface area contributed by atoms with Gasteiger partial charge in [-0.25, -0.2) is 9.97 Å². The molecule has 0 saturated heterocycles. The molecule has 10 aromatic rings. The van der Waals surface area contributed by atoms with Crippen molar-refractivity contribution >= 4 is 43.9 Å². The minimum Gasteiger partial charge on any atom is -0.455 e. The molecule has 0 unspecified atom stereocenters. The van der Waals surface area contributed by atoms with Crippen LogP contribution in [0.3, 0.4) is 0 Å². The number of aromatic nitrogens is 2. The lowest BCUT2D eigenvalue weighted by Crippen LogP contribution is -1.98. The zero-order valence-electron chi connectivity index (χ0n) is 27.7. The quantitative estimate of drug-likeness (QED) is 0.183. The summed E-state index contributed by atoms with van der Waals surface area (Å²) >= 11 is 0. The summed E-state index contributed by atoms with van der Waals surface area (Å²) in [4.78, 5) is 10.3. The van der Waals surface area contributed by atoms with E-state index in [9.17, 15) is 5.26 Å².